The second kappa shape index (κ2) is 12.3. The fourth-order valence-corrected chi connectivity index (χ4v) is 5.44. The first kappa shape index (κ1) is 27.4. The Morgan fingerprint density at radius 3 is 2.37 bits per heavy atom. The van der Waals surface area contributed by atoms with Gasteiger partial charge in [-0.1, -0.05) is 61.5 Å². The number of carbonyl (C=O) groups excluding carboxylic acids is 1. The van der Waals surface area contributed by atoms with E-state index in [1.54, 1.807) is 24.3 Å². The number of rotatable bonds is 11. The zero-order valence-electron chi connectivity index (χ0n) is 20.7. The second-order valence-electron chi connectivity index (χ2n) is 8.81. The van der Waals surface area contributed by atoms with Crippen LogP contribution in [0.4, 0.5) is 4.39 Å². The number of thiazole rings is 1. The van der Waals surface area contributed by atoms with Gasteiger partial charge in [0.2, 0.25) is 5.91 Å². The van der Waals surface area contributed by atoms with Gasteiger partial charge in [-0.05, 0) is 60.2 Å². The van der Waals surface area contributed by atoms with Gasteiger partial charge in [0.15, 0.2) is 0 Å². The normalized spacial score (nSPS) is 13.0. The highest BCUT2D eigenvalue weighted by molar-refractivity contribution is 7.84. The maximum Gasteiger partial charge on any atom is 0.380 e. The van der Waals surface area contributed by atoms with Gasteiger partial charge in [0.1, 0.15) is 16.6 Å². The van der Waals surface area contributed by atoms with E-state index in [9.17, 15) is 17.6 Å². The second-order valence-corrected chi connectivity index (χ2v) is 10.9. The highest BCUT2D eigenvalue weighted by Crippen LogP contribution is 2.28. The van der Waals surface area contributed by atoms with Crippen molar-refractivity contribution in [3.05, 3.63) is 117 Å². The van der Waals surface area contributed by atoms with Gasteiger partial charge in [0.05, 0.1) is 17.7 Å². The number of carbonyl (C=O) groups is 1. The summed E-state index contributed by atoms with van der Waals surface area (Å²) in [5, 5.41) is 10.8. The summed E-state index contributed by atoms with van der Waals surface area (Å²) >= 11 is 1.46. The molecule has 0 spiro atoms. The van der Waals surface area contributed by atoms with Gasteiger partial charge in [-0.15, -0.1) is 11.3 Å². The Kier molecular flexibility index (Phi) is 8.88. The molecule has 3 N–H and O–H groups in total. The van der Waals surface area contributed by atoms with E-state index in [0.29, 0.717) is 18.4 Å². The molecular weight excluding hydrogens is 525 g/mol. The summed E-state index contributed by atoms with van der Waals surface area (Å²) in [7, 11) is -4.13. The Morgan fingerprint density at radius 2 is 1.74 bits per heavy atom. The van der Waals surface area contributed by atoms with Crippen molar-refractivity contribution in [3.8, 4) is 5.75 Å². The minimum Gasteiger partial charge on any atom is -0.371 e. The fraction of sp³-hybridized carbons (Fsp3) is 0.214. The summed E-state index contributed by atoms with van der Waals surface area (Å²) in [6.07, 6.45) is 1.57. The van der Waals surface area contributed by atoms with E-state index in [0.717, 1.165) is 28.2 Å². The van der Waals surface area contributed by atoms with Crippen LogP contribution < -0.4 is 14.6 Å². The van der Waals surface area contributed by atoms with Crippen LogP contribution in [0.2, 0.25) is 0 Å². The van der Waals surface area contributed by atoms with Gasteiger partial charge >= 0.3 is 10.3 Å². The van der Waals surface area contributed by atoms with Crippen LogP contribution in [0.5, 0.6) is 5.75 Å². The molecule has 0 saturated heterocycles. The molecule has 38 heavy (non-hydrogen) atoms. The van der Waals surface area contributed by atoms with Crippen LogP contribution >= 0.6 is 11.3 Å². The van der Waals surface area contributed by atoms with Crippen LogP contribution in [0.15, 0.2) is 84.2 Å². The van der Waals surface area contributed by atoms with Gasteiger partial charge in [-0.3, -0.25) is 4.79 Å². The van der Waals surface area contributed by atoms with Crippen molar-refractivity contribution in [2.75, 3.05) is 0 Å². The molecule has 3 aromatic carbocycles. The monoisotopic (exact) mass is 553 g/mol. The zero-order valence-corrected chi connectivity index (χ0v) is 22.3. The molecule has 0 aliphatic rings. The van der Waals surface area contributed by atoms with Crippen LogP contribution in [0, 0.1) is 5.82 Å². The molecule has 0 aliphatic heterocycles. The van der Waals surface area contributed by atoms with Gasteiger partial charge in [0, 0.05) is 5.38 Å². The van der Waals surface area contributed by atoms with Crippen molar-refractivity contribution in [2.45, 2.75) is 38.1 Å². The summed E-state index contributed by atoms with van der Waals surface area (Å²) in [4.78, 5) is 18.5. The summed E-state index contributed by atoms with van der Waals surface area (Å²) < 4.78 is 41.3. The van der Waals surface area contributed by atoms with Crippen molar-refractivity contribution in [1.82, 2.24) is 10.3 Å². The SMILES string of the molecule is CCc1csc(C(Cc2ccc(OS(N)(=O)=O)cc2)NC(=O)C(Cc2ccccc2)c2cccc(F)c2)n1. The molecule has 2 unspecified atom stereocenters. The summed E-state index contributed by atoms with van der Waals surface area (Å²) in [5.74, 6) is -1.17. The number of nitrogens with zero attached hydrogens (tertiary/aromatic N) is 1. The van der Waals surface area contributed by atoms with Gasteiger partial charge in [-0.2, -0.15) is 13.6 Å². The molecule has 0 radical (unpaired) electrons. The fourth-order valence-electron chi connectivity index (χ4n) is 4.10. The predicted octanol–water partition coefficient (Wildman–Crippen LogP) is 4.85. The lowest BCUT2D eigenvalue weighted by Gasteiger charge is -2.22. The number of aryl methyl sites for hydroxylation is 1. The number of benzene rings is 3. The first-order chi connectivity index (χ1) is 18.2. The van der Waals surface area contributed by atoms with Crippen LogP contribution in [-0.4, -0.2) is 19.3 Å². The molecule has 198 valence electrons. The van der Waals surface area contributed by atoms with Crippen molar-refractivity contribution in [1.29, 1.82) is 0 Å². The predicted molar refractivity (Wildman–Crippen MR) is 146 cm³/mol. The topological polar surface area (TPSA) is 111 Å². The van der Waals surface area contributed by atoms with Gasteiger partial charge in [0.25, 0.3) is 0 Å². The number of hydrogen-bond donors (Lipinski definition) is 2. The van der Waals surface area contributed by atoms with Crippen LogP contribution in [0.1, 0.15) is 46.3 Å². The first-order valence-electron chi connectivity index (χ1n) is 12.1. The Morgan fingerprint density at radius 1 is 1.03 bits per heavy atom. The van der Waals surface area contributed by atoms with E-state index < -0.39 is 28.1 Å². The molecule has 10 heteroatoms. The molecule has 7 nitrogen and oxygen atoms in total. The Labute approximate surface area is 225 Å². The number of halogens is 1. The summed E-state index contributed by atoms with van der Waals surface area (Å²) in [6.45, 7) is 2.01. The van der Waals surface area contributed by atoms with Crippen molar-refractivity contribution in [2.24, 2.45) is 5.14 Å². The molecular formula is C28H28FN3O4S2. The number of amides is 1. The highest BCUT2D eigenvalue weighted by atomic mass is 32.2. The molecule has 1 aromatic heterocycles. The largest absolute Gasteiger partial charge is 0.380 e. The highest BCUT2D eigenvalue weighted by Gasteiger charge is 2.26. The number of nitrogens with two attached hydrogens (primary N) is 1. The lowest BCUT2D eigenvalue weighted by Crippen LogP contribution is -2.35. The first-order valence-corrected chi connectivity index (χ1v) is 14.4. The Hall–Kier alpha value is -3.60. The molecule has 0 aliphatic carbocycles. The van der Waals surface area contributed by atoms with Gasteiger partial charge in [-0.25, -0.2) is 9.37 Å². The van der Waals surface area contributed by atoms with E-state index >= 15 is 0 Å². The molecule has 4 aromatic rings. The lowest BCUT2D eigenvalue weighted by molar-refractivity contribution is -0.123. The molecule has 0 bridgehead atoms. The maximum atomic E-state index is 14.1. The number of nitrogens with one attached hydrogen (secondary N) is 1. The Balaban J connectivity index is 1.61. The average Bonchev–Trinajstić information content (AvgIpc) is 3.37. The van der Waals surface area contributed by atoms with Crippen LogP contribution in [0.3, 0.4) is 0 Å². The number of hydrogen-bond acceptors (Lipinski definition) is 6. The van der Waals surface area contributed by atoms with Gasteiger partial charge < -0.3 is 9.50 Å². The molecule has 2 atom stereocenters. The third-order valence-electron chi connectivity index (χ3n) is 5.97. The molecule has 0 fully saturated rings. The molecule has 1 amide bonds. The number of aromatic nitrogens is 1. The third-order valence-corrected chi connectivity index (χ3v) is 7.40. The average molecular weight is 554 g/mol. The zero-order chi connectivity index (χ0) is 27.1. The van der Waals surface area contributed by atoms with Crippen molar-refractivity contribution in [3.63, 3.8) is 0 Å². The minimum atomic E-state index is -4.13. The maximum absolute atomic E-state index is 14.1. The van der Waals surface area contributed by atoms with E-state index in [-0.39, 0.29) is 11.7 Å². The standard InChI is InChI=1S/C28H28FN3O4S2/c1-2-23-18-37-28(31-23)26(16-20-11-13-24(14-12-20)36-38(30,34)35)32-27(33)25(15-19-7-4-3-5-8-19)21-9-6-10-22(29)17-21/h3-14,17-18,25-26H,2,15-16H2,1H3,(H,32,33)(H2,30,34,35). The smallest absolute Gasteiger partial charge is 0.371 e. The van der Waals surface area contributed by atoms with E-state index in [4.69, 9.17) is 14.3 Å². The van der Waals surface area contributed by atoms with E-state index in [1.165, 1.54) is 35.6 Å². The van der Waals surface area contributed by atoms with Crippen LogP contribution in [-0.2, 0) is 34.4 Å². The Bertz CT molecular complexity index is 1480. The van der Waals surface area contributed by atoms with Crippen molar-refractivity contribution >= 4 is 27.5 Å². The quantitative estimate of drug-likeness (QED) is 0.276. The summed E-state index contributed by atoms with van der Waals surface area (Å²) in [6, 6.07) is 21.7. The van der Waals surface area contributed by atoms with Crippen LogP contribution in [0.25, 0.3) is 0 Å². The van der Waals surface area contributed by atoms with Crippen molar-refractivity contribution < 1.29 is 21.8 Å². The lowest BCUT2D eigenvalue weighted by atomic mass is 9.90. The third kappa shape index (κ3) is 7.70. The van der Waals surface area contributed by atoms with E-state index in [1.807, 2.05) is 42.6 Å². The molecule has 4 rings (SSSR count). The molecule has 0 saturated carbocycles. The minimum absolute atomic E-state index is 0.0911. The summed E-state index contributed by atoms with van der Waals surface area (Å²) in [5.41, 5.74) is 3.30. The van der Waals surface area contributed by atoms with E-state index in [2.05, 4.69) is 5.32 Å². The molecule has 1 heterocycles.